The van der Waals surface area contributed by atoms with Crippen molar-refractivity contribution in [1.29, 1.82) is 0 Å². The fraction of sp³-hybridized carbons (Fsp3) is 0.778. The molecule has 0 saturated heterocycles. The predicted molar refractivity (Wildman–Crippen MR) is 53.2 cm³/mol. The molecule has 1 aliphatic rings. The van der Waals surface area contributed by atoms with Gasteiger partial charge in [-0.3, -0.25) is 4.57 Å². The van der Waals surface area contributed by atoms with Crippen molar-refractivity contribution in [3.05, 3.63) is 11.6 Å². The Bertz CT molecular complexity index is 247. The number of aliphatic hydroxyl groups excluding tert-OH is 1. The molecule has 3 nitrogen and oxygen atoms in total. The third-order valence-corrected chi connectivity index (χ3v) is 4.36. The number of hydrogen-bond acceptors (Lipinski definition) is 2. The SMILES string of the molecule is CCP(=O)(O)CCC1=CCC(O)C1. The van der Waals surface area contributed by atoms with Crippen LogP contribution in [0.1, 0.15) is 26.2 Å². The van der Waals surface area contributed by atoms with Crippen LogP contribution in [0.25, 0.3) is 0 Å². The van der Waals surface area contributed by atoms with E-state index in [1.807, 2.05) is 6.08 Å². The lowest BCUT2D eigenvalue weighted by atomic mass is 10.2. The lowest BCUT2D eigenvalue weighted by Gasteiger charge is -2.09. The molecule has 0 aromatic heterocycles. The van der Waals surface area contributed by atoms with Crippen LogP contribution in [0, 0.1) is 0 Å². The second-order valence-corrected chi connectivity index (χ2v) is 6.36. The van der Waals surface area contributed by atoms with E-state index < -0.39 is 7.37 Å². The normalized spacial score (nSPS) is 27.0. The van der Waals surface area contributed by atoms with Gasteiger partial charge in [0.1, 0.15) is 0 Å². The molecule has 0 aromatic rings. The molecule has 0 heterocycles. The fourth-order valence-corrected chi connectivity index (χ4v) is 2.41. The molecule has 1 rings (SSSR count). The van der Waals surface area contributed by atoms with Crippen molar-refractivity contribution in [2.45, 2.75) is 32.3 Å². The molecule has 13 heavy (non-hydrogen) atoms. The zero-order chi connectivity index (χ0) is 9.90. The molecule has 0 aromatic carbocycles. The first kappa shape index (κ1) is 11.0. The first-order valence-corrected chi connectivity index (χ1v) is 6.73. The van der Waals surface area contributed by atoms with Gasteiger partial charge in [-0.15, -0.1) is 0 Å². The van der Waals surface area contributed by atoms with Gasteiger partial charge in [0, 0.05) is 12.3 Å². The molecule has 0 fully saturated rings. The average molecular weight is 204 g/mol. The van der Waals surface area contributed by atoms with Crippen LogP contribution in [0.2, 0.25) is 0 Å². The Morgan fingerprint density at radius 1 is 1.69 bits per heavy atom. The topological polar surface area (TPSA) is 57.5 Å². The number of rotatable bonds is 4. The Balaban J connectivity index is 2.31. The Labute approximate surface area is 78.9 Å². The van der Waals surface area contributed by atoms with Crippen LogP contribution in [-0.2, 0) is 4.57 Å². The molecule has 76 valence electrons. The van der Waals surface area contributed by atoms with E-state index in [-0.39, 0.29) is 6.10 Å². The van der Waals surface area contributed by atoms with E-state index in [9.17, 15) is 14.6 Å². The van der Waals surface area contributed by atoms with Gasteiger partial charge in [0.25, 0.3) is 0 Å². The van der Waals surface area contributed by atoms with Gasteiger partial charge >= 0.3 is 0 Å². The third-order valence-electron chi connectivity index (χ3n) is 2.45. The molecule has 2 atom stereocenters. The van der Waals surface area contributed by atoms with Crippen molar-refractivity contribution in [2.75, 3.05) is 12.3 Å². The molecule has 2 unspecified atom stereocenters. The molecule has 0 aliphatic heterocycles. The number of aliphatic hydroxyl groups is 1. The highest BCUT2D eigenvalue weighted by atomic mass is 31.2. The minimum atomic E-state index is -2.87. The second kappa shape index (κ2) is 4.41. The molecule has 0 bridgehead atoms. The molecule has 0 radical (unpaired) electrons. The zero-order valence-electron chi connectivity index (χ0n) is 7.94. The summed E-state index contributed by atoms with van der Waals surface area (Å²) in [5.74, 6) is 0. The monoisotopic (exact) mass is 204 g/mol. The van der Waals surface area contributed by atoms with E-state index in [1.165, 1.54) is 0 Å². The van der Waals surface area contributed by atoms with Gasteiger partial charge in [0.05, 0.1) is 6.10 Å². The Hall–Kier alpha value is -0.110. The van der Waals surface area contributed by atoms with Crippen molar-refractivity contribution < 1.29 is 14.6 Å². The summed E-state index contributed by atoms with van der Waals surface area (Å²) in [5, 5.41) is 9.20. The van der Waals surface area contributed by atoms with Crippen LogP contribution in [0.5, 0.6) is 0 Å². The predicted octanol–water partition coefficient (Wildman–Crippen LogP) is 1.75. The summed E-state index contributed by atoms with van der Waals surface area (Å²) < 4.78 is 11.3. The van der Waals surface area contributed by atoms with Crippen molar-refractivity contribution in [3.63, 3.8) is 0 Å². The largest absolute Gasteiger partial charge is 0.392 e. The van der Waals surface area contributed by atoms with E-state index in [0.717, 1.165) is 5.57 Å². The van der Waals surface area contributed by atoms with E-state index in [2.05, 4.69) is 0 Å². The van der Waals surface area contributed by atoms with Crippen molar-refractivity contribution >= 4 is 7.37 Å². The van der Waals surface area contributed by atoms with Crippen LogP contribution in [0.4, 0.5) is 0 Å². The van der Waals surface area contributed by atoms with Crippen LogP contribution in [-0.4, -0.2) is 28.4 Å². The summed E-state index contributed by atoms with van der Waals surface area (Å²) in [6, 6.07) is 0. The van der Waals surface area contributed by atoms with E-state index >= 15 is 0 Å². The lowest BCUT2D eigenvalue weighted by molar-refractivity contribution is 0.187. The molecule has 0 spiro atoms. The van der Waals surface area contributed by atoms with Gasteiger partial charge in [0.15, 0.2) is 0 Å². The Morgan fingerprint density at radius 3 is 2.85 bits per heavy atom. The molecule has 0 saturated carbocycles. The summed E-state index contributed by atoms with van der Waals surface area (Å²) in [5.41, 5.74) is 1.13. The minimum absolute atomic E-state index is 0.255. The molecule has 1 aliphatic carbocycles. The second-order valence-electron chi connectivity index (χ2n) is 3.59. The Kier molecular flexibility index (Phi) is 3.72. The summed E-state index contributed by atoms with van der Waals surface area (Å²) in [6.45, 7) is 1.73. The maximum atomic E-state index is 11.3. The summed E-state index contributed by atoms with van der Waals surface area (Å²) in [7, 11) is -2.87. The Morgan fingerprint density at radius 2 is 2.38 bits per heavy atom. The van der Waals surface area contributed by atoms with Gasteiger partial charge in [0.2, 0.25) is 7.37 Å². The standard InChI is InChI=1S/C9H17O3P/c1-2-13(11,12)6-5-8-3-4-9(10)7-8/h3,9-10H,2,4-7H2,1H3,(H,11,12). The van der Waals surface area contributed by atoms with E-state index in [4.69, 9.17) is 0 Å². The van der Waals surface area contributed by atoms with Gasteiger partial charge in [-0.05, 0) is 19.3 Å². The van der Waals surface area contributed by atoms with Crippen LogP contribution in [0.15, 0.2) is 11.6 Å². The van der Waals surface area contributed by atoms with Crippen LogP contribution < -0.4 is 0 Å². The van der Waals surface area contributed by atoms with Gasteiger partial charge < -0.3 is 10.00 Å². The molecule has 4 heteroatoms. The van der Waals surface area contributed by atoms with Gasteiger partial charge in [-0.1, -0.05) is 18.6 Å². The molecule has 2 N–H and O–H groups in total. The highest BCUT2D eigenvalue weighted by Gasteiger charge is 2.19. The third kappa shape index (κ3) is 3.63. The smallest absolute Gasteiger partial charge is 0.200 e. The van der Waals surface area contributed by atoms with Gasteiger partial charge in [-0.25, -0.2) is 0 Å². The van der Waals surface area contributed by atoms with Crippen molar-refractivity contribution in [1.82, 2.24) is 0 Å². The lowest BCUT2D eigenvalue weighted by Crippen LogP contribution is -2.00. The summed E-state index contributed by atoms with van der Waals surface area (Å²) in [6.07, 6.45) is 4.50. The van der Waals surface area contributed by atoms with E-state index in [0.29, 0.717) is 31.6 Å². The highest BCUT2D eigenvalue weighted by Crippen LogP contribution is 2.41. The maximum Gasteiger partial charge on any atom is 0.200 e. The van der Waals surface area contributed by atoms with Crippen LogP contribution in [0.3, 0.4) is 0 Å². The van der Waals surface area contributed by atoms with Crippen LogP contribution >= 0.6 is 7.37 Å². The molecular formula is C9H17O3P. The van der Waals surface area contributed by atoms with Crippen molar-refractivity contribution in [2.24, 2.45) is 0 Å². The number of hydrogen-bond donors (Lipinski definition) is 2. The first-order valence-electron chi connectivity index (χ1n) is 4.70. The van der Waals surface area contributed by atoms with Gasteiger partial charge in [-0.2, -0.15) is 0 Å². The summed E-state index contributed by atoms with van der Waals surface area (Å²) in [4.78, 5) is 9.32. The zero-order valence-corrected chi connectivity index (χ0v) is 8.83. The fourth-order valence-electron chi connectivity index (χ4n) is 1.45. The molecule has 0 amide bonds. The van der Waals surface area contributed by atoms with Crippen molar-refractivity contribution in [3.8, 4) is 0 Å². The highest BCUT2D eigenvalue weighted by molar-refractivity contribution is 7.57. The summed E-state index contributed by atoms with van der Waals surface area (Å²) >= 11 is 0. The van der Waals surface area contributed by atoms with E-state index in [1.54, 1.807) is 6.92 Å². The maximum absolute atomic E-state index is 11.3. The minimum Gasteiger partial charge on any atom is -0.392 e. The quantitative estimate of drug-likeness (QED) is 0.541. The molecular weight excluding hydrogens is 187 g/mol. The average Bonchev–Trinajstić information content (AvgIpc) is 2.48. The first-order chi connectivity index (χ1) is 6.03.